The molecule has 2 aromatic heterocycles. The Morgan fingerprint density at radius 3 is 2.35 bits per heavy atom. The second kappa shape index (κ2) is 13.8. The summed E-state index contributed by atoms with van der Waals surface area (Å²) in [7, 11) is 0. The van der Waals surface area contributed by atoms with Crippen molar-refractivity contribution in [1.82, 2.24) is 14.5 Å². The number of carboxylic acid groups (broad SMARTS) is 1. The molecule has 40 heavy (non-hydrogen) atoms. The van der Waals surface area contributed by atoms with E-state index in [4.69, 9.17) is 5.11 Å². The van der Waals surface area contributed by atoms with Gasteiger partial charge in [0.2, 0.25) is 0 Å². The Morgan fingerprint density at radius 1 is 1.20 bits per heavy atom. The van der Waals surface area contributed by atoms with Crippen molar-refractivity contribution >= 4 is 34.5 Å². The number of carbonyl (C=O) groups is 1. The van der Waals surface area contributed by atoms with Crippen molar-refractivity contribution in [2.24, 2.45) is 0 Å². The van der Waals surface area contributed by atoms with Gasteiger partial charge in [-0.1, -0.05) is 44.7 Å². The first kappa shape index (κ1) is 34.9. The molecule has 0 unspecified atom stereocenters. The van der Waals surface area contributed by atoms with Gasteiger partial charge in [-0.2, -0.15) is 17.6 Å². The van der Waals surface area contributed by atoms with Crippen LogP contribution in [-0.2, 0) is 28.2 Å². The van der Waals surface area contributed by atoms with Crippen LogP contribution in [0.3, 0.4) is 0 Å². The van der Waals surface area contributed by atoms with Crippen molar-refractivity contribution in [3.05, 3.63) is 47.5 Å². The molecule has 1 N–H and O–H groups in total. The zero-order chi connectivity index (χ0) is 29.2. The van der Waals surface area contributed by atoms with Gasteiger partial charge in [0.05, 0.1) is 23.8 Å². The number of fused-ring (bicyclic) bond motifs is 1. The van der Waals surface area contributed by atoms with Crippen LogP contribution >= 0.6 is 11.8 Å². The molecule has 1 fully saturated rings. The Balaban J connectivity index is 0.000000858. The summed E-state index contributed by atoms with van der Waals surface area (Å²) in [5, 5.41) is 19.3. The molecule has 0 amide bonds. The number of halogens is 5. The third kappa shape index (κ3) is 10.2. The van der Waals surface area contributed by atoms with Crippen molar-refractivity contribution < 1.29 is 93.1 Å². The number of benzene rings is 1. The van der Waals surface area contributed by atoms with E-state index in [2.05, 4.69) is 14.7 Å². The summed E-state index contributed by atoms with van der Waals surface area (Å²) in [6.45, 7) is 5.02. The van der Waals surface area contributed by atoms with Gasteiger partial charge < -0.3 is 19.7 Å². The summed E-state index contributed by atoms with van der Waals surface area (Å²) in [4.78, 5) is 20.4. The van der Waals surface area contributed by atoms with Gasteiger partial charge in [-0.3, -0.25) is 9.53 Å². The molecule has 1 aliphatic heterocycles. The number of alkyl halides is 4. The van der Waals surface area contributed by atoms with Crippen molar-refractivity contribution in [2.45, 2.75) is 69.4 Å². The Labute approximate surface area is 274 Å². The fourth-order valence-electron chi connectivity index (χ4n) is 3.72. The number of aryl methyl sites for hydroxylation is 1. The number of thioether (sulfide) groups is 1. The smallest absolute Gasteiger partial charge is 0.850 e. The second-order valence-electron chi connectivity index (χ2n) is 9.82. The largest absolute Gasteiger partial charge is 1.00 e. The molecule has 1 saturated heterocycles. The third-order valence-corrected chi connectivity index (χ3v) is 6.06. The number of morpholine rings is 1. The van der Waals surface area contributed by atoms with Crippen LogP contribution in [0.4, 0.5) is 27.6 Å². The molecule has 8 nitrogen and oxygen atoms in total. The fourth-order valence-corrected chi connectivity index (χ4v) is 4.48. The number of hydrogen-bond acceptors (Lipinski definition) is 7. The van der Waals surface area contributed by atoms with Crippen LogP contribution in [0, 0.1) is 5.82 Å². The van der Waals surface area contributed by atoms with Crippen LogP contribution in [0.5, 0.6) is 0 Å². The van der Waals surface area contributed by atoms with Gasteiger partial charge in [0.25, 0.3) is 0 Å². The third-order valence-electron chi connectivity index (χ3n) is 5.13. The molecule has 15 heteroatoms. The predicted molar refractivity (Wildman–Crippen MR) is 133 cm³/mol. The molecule has 3 aromatic rings. The number of ether oxygens (including phenoxy) is 1. The zero-order valence-electron chi connectivity index (χ0n) is 22.7. The van der Waals surface area contributed by atoms with Gasteiger partial charge in [0.1, 0.15) is 24.4 Å². The summed E-state index contributed by atoms with van der Waals surface area (Å²) in [5.74, 6) is -1.51. The van der Waals surface area contributed by atoms with Crippen LogP contribution in [0.2, 0.25) is 0 Å². The summed E-state index contributed by atoms with van der Waals surface area (Å²) in [6.07, 6.45) is -5.58. The Hall–Kier alpha value is -1.33. The molecule has 4 rings (SSSR count). The van der Waals surface area contributed by atoms with Crippen LogP contribution in [0.1, 0.15) is 38.8 Å². The van der Waals surface area contributed by atoms with Crippen LogP contribution in [-0.4, -0.2) is 56.5 Å². The number of rotatable bonds is 7. The quantitative estimate of drug-likeness (QED) is 0.186. The maximum absolute atomic E-state index is 13.8. The average Bonchev–Trinajstić information content (AvgIpc) is 3.14. The molecule has 0 bridgehead atoms. The number of aromatic nitrogens is 3. The maximum atomic E-state index is 13.8. The van der Waals surface area contributed by atoms with Gasteiger partial charge in [0.15, 0.2) is 5.16 Å². The minimum Gasteiger partial charge on any atom is -0.850 e. The second-order valence-corrected chi connectivity index (χ2v) is 10.8. The van der Waals surface area contributed by atoms with Crippen molar-refractivity contribution in [3.8, 4) is 0 Å². The summed E-state index contributed by atoms with van der Waals surface area (Å²) in [5.41, 5.74) is 0.752. The van der Waals surface area contributed by atoms with E-state index in [1.54, 1.807) is 32.3 Å². The van der Waals surface area contributed by atoms with Crippen LogP contribution in [0.15, 0.2) is 35.7 Å². The SMILES string of the molecule is CC(C)(C)[O-].CCn1cc(N2CC(F)(F)OC(F)(F)C2)c2nc(SCc3ccc(F)c(CC(=O)O)c3)ncc21.[K+]. The average molecular weight is 615 g/mol. The number of aliphatic carboxylic acids is 1. The molecule has 0 spiro atoms. The fraction of sp³-hybridized carbons (Fsp3) is 0.480. The molecular weight excluding hydrogens is 586 g/mol. The molecule has 0 saturated carbocycles. The molecule has 1 aliphatic rings. The standard InChI is InChI=1S/C21H19F5N4O3S.C4H9O.K/c1-2-29-8-16(30-10-20(23,24)33-21(25,26)11-30)18-15(29)7-27-19(28-18)34-9-12-3-4-14(22)13(5-12)6-17(31)32;1-4(2,3)5;/h3-5,7-8H,2,6,9-11H2,1H3,(H,31,32);1-3H3;/q;-1;+1. The van der Waals surface area contributed by atoms with Gasteiger partial charge in [-0.25, -0.2) is 14.4 Å². The Morgan fingerprint density at radius 2 is 1.80 bits per heavy atom. The molecule has 1 aromatic carbocycles. The number of carboxylic acids is 1. The molecule has 0 aliphatic carbocycles. The topological polar surface area (TPSA) is 104 Å². The molecule has 214 valence electrons. The molecule has 0 radical (unpaired) electrons. The molecular formula is C25H28F5KN4O4S. The van der Waals surface area contributed by atoms with E-state index in [1.165, 1.54) is 30.6 Å². The van der Waals surface area contributed by atoms with E-state index in [0.29, 0.717) is 17.6 Å². The molecule has 0 atom stereocenters. The minimum absolute atomic E-state index is 0. The predicted octanol–water partition coefficient (Wildman–Crippen LogP) is 1.68. The van der Waals surface area contributed by atoms with E-state index >= 15 is 0 Å². The van der Waals surface area contributed by atoms with Crippen molar-refractivity contribution in [3.63, 3.8) is 0 Å². The first-order chi connectivity index (χ1) is 18.0. The van der Waals surface area contributed by atoms with Crippen LogP contribution < -0.4 is 61.4 Å². The number of anilines is 1. The van der Waals surface area contributed by atoms with Gasteiger partial charge in [-0.15, -0.1) is 5.60 Å². The summed E-state index contributed by atoms with van der Waals surface area (Å²) in [6, 6.07) is 4.12. The monoisotopic (exact) mass is 614 g/mol. The van der Waals surface area contributed by atoms with Crippen LogP contribution in [0.25, 0.3) is 11.0 Å². The van der Waals surface area contributed by atoms with Gasteiger partial charge in [0, 0.05) is 18.5 Å². The maximum Gasteiger partial charge on any atom is 1.00 e. The number of hydrogen-bond donors (Lipinski definition) is 1. The normalized spacial score (nSPS) is 16.2. The van der Waals surface area contributed by atoms with Gasteiger partial charge in [-0.05, 0) is 24.1 Å². The van der Waals surface area contributed by atoms with Crippen molar-refractivity contribution in [2.75, 3.05) is 18.0 Å². The summed E-state index contributed by atoms with van der Waals surface area (Å²) < 4.78 is 74.3. The first-order valence-corrected chi connectivity index (χ1v) is 12.8. The zero-order valence-corrected chi connectivity index (χ0v) is 26.6. The van der Waals surface area contributed by atoms with E-state index < -0.39 is 49.1 Å². The van der Waals surface area contributed by atoms with E-state index in [9.17, 15) is 31.9 Å². The van der Waals surface area contributed by atoms with Crippen molar-refractivity contribution in [1.29, 1.82) is 0 Å². The summed E-state index contributed by atoms with van der Waals surface area (Å²) >= 11 is 1.15. The number of nitrogens with zero attached hydrogens (tertiary/aromatic N) is 4. The molecule has 3 heterocycles. The first-order valence-electron chi connectivity index (χ1n) is 11.9. The minimum atomic E-state index is -4.04. The van der Waals surface area contributed by atoms with E-state index in [1.807, 2.05) is 0 Å². The van der Waals surface area contributed by atoms with Gasteiger partial charge >= 0.3 is 69.6 Å². The Kier molecular flexibility index (Phi) is 12.0. The van der Waals surface area contributed by atoms with E-state index in [0.717, 1.165) is 16.7 Å². The van der Waals surface area contributed by atoms with E-state index in [-0.39, 0.29) is 79.1 Å². The Bertz CT molecular complexity index is 1310.